The maximum atomic E-state index is 12.8. The summed E-state index contributed by atoms with van der Waals surface area (Å²) in [5.41, 5.74) is 1.64. The molecule has 1 aromatic carbocycles. The fourth-order valence-corrected chi connectivity index (χ4v) is 3.21. The standard InChI is InChI=1S/C17H21N3O/c1-12-11-20(10-8-15(12)18-2)17(21)14-7-9-19-16-6-4-3-5-13(14)16/h3-7,9,12,15,18H,8,10-11H2,1-2H3. The van der Waals surface area contributed by atoms with Crippen molar-refractivity contribution in [1.29, 1.82) is 0 Å². The number of benzene rings is 1. The number of hydrogen-bond acceptors (Lipinski definition) is 3. The molecule has 3 rings (SSSR count). The normalized spacial score (nSPS) is 22.5. The first-order valence-electron chi connectivity index (χ1n) is 7.51. The van der Waals surface area contributed by atoms with Gasteiger partial charge in [-0.3, -0.25) is 9.78 Å². The quantitative estimate of drug-likeness (QED) is 0.920. The largest absolute Gasteiger partial charge is 0.338 e. The Morgan fingerprint density at radius 2 is 2.14 bits per heavy atom. The lowest BCUT2D eigenvalue weighted by atomic mass is 9.93. The molecule has 0 saturated carbocycles. The van der Waals surface area contributed by atoms with Crippen LogP contribution in [0.2, 0.25) is 0 Å². The number of rotatable bonds is 2. The molecule has 21 heavy (non-hydrogen) atoms. The molecule has 4 heteroatoms. The van der Waals surface area contributed by atoms with Gasteiger partial charge in [-0.1, -0.05) is 25.1 Å². The summed E-state index contributed by atoms with van der Waals surface area (Å²) in [6.45, 7) is 3.82. The van der Waals surface area contributed by atoms with Crippen molar-refractivity contribution in [3.8, 4) is 0 Å². The fraction of sp³-hybridized carbons (Fsp3) is 0.412. The van der Waals surface area contributed by atoms with E-state index in [1.165, 1.54) is 0 Å². The Morgan fingerprint density at radius 3 is 2.90 bits per heavy atom. The Kier molecular flexibility index (Phi) is 3.88. The zero-order valence-electron chi connectivity index (χ0n) is 12.5. The van der Waals surface area contributed by atoms with Gasteiger partial charge in [-0.15, -0.1) is 0 Å². The highest BCUT2D eigenvalue weighted by molar-refractivity contribution is 6.06. The minimum absolute atomic E-state index is 0.120. The van der Waals surface area contributed by atoms with Crippen molar-refractivity contribution in [2.45, 2.75) is 19.4 Å². The number of pyridine rings is 1. The Labute approximate surface area is 125 Å². The van der Waals surface area contributed by atoms with Gasteiger partial charge in [0.05, 0.1) is 11.1 Å². The molecule has 0 aliphatic carbocycles. The summed E-state index contributed by atoms with van der Waals surface area (Å²) in [5, 5.41) is 4.27. The third kappa shape index (κ3) is 2.63. The van der Waals surface area contributed by atoms with Gasteiger partial charge in [-0.05, 0) is 31.5 Å². The van der Waals surface area contributed by atoms with Crippen LogP contribution in [0.1, 0.15) is 23.7 Å². The molecule has 1 fully saturated rings. The second-order valence-corrected chi connectivity index (χ2v) is 5.79. The zero-order chi connectivity index (χ0) is 14.8. The number of carbonyl (C=O) groups is 1. The predicted molar refractivity (Wildman–Crippen MR) is 84.3 cm³/mol. The van der Waals surface area contributed by atoms with Crippen molar-refractivity contribution in [3.63, 3.8) is 0 Å². The van der Waals surface area contributed by atoms with E-state index in [1.54, 1.807) is 6.20 Å². The molecule has 1 saturated heterocycles. The average Bonchev–Trinajstić information content (AvgIpc) is 2.53. The van der Waals surface area contributed by atoms with Crippen molar-refractivity contribution in [2.24, 2.45) is 5.92 Å². The first kappa shape index (κ1) is 14.0. The van der Waals surface area contributed by atoms with Crippen LogP contribution in [0.3, 0.4) is 0 Å². The molecule has 1 aliphatic heterocycles. The minimum atomic E-state index is 0.120. The predicted octanol–water partition coefficient (Wildman–Crippen LogP) is 2.30. The van der Waals surface area contributed by atoms with Crippen LogP contribution in [0.4, 0.5) is 0 Å². The molecule has 2 heterocycles. The third-order valence-corrected chi connectivity index (χ3v) is 4.44. The van der Waals surface area contributed by atoms with E-state index in [4.69, 9.17) is 0 Å². The maximum Gasteiger partial charge on any atom is 0.254 e. The summed E-state index contributed by atoms with van der Waals surface area (Å²) in [5.74, 6) is 0.593. The lowest BCUT2D eigenvalue weighted by Gasteiger charge is -2.37. The van der Waals surface area contributed by atoms with E-state index in [9.17, 15) is 4.79 Å². The number of amides is 1. The number of nitrogens with one attached hydrogen (secondary N) is 1. The van der Waals surface area contributed by atoms with Gasteiger partial charge in [0.2, 0.25) is 0 Å². The van der Waals surface area contributed by atoms with E-state index in [1.807, 2.05) is 42.3 Å². The van der Waals surface area contributed by atoms with Gasteiger partial charge < -0.3 is 10.2 Å². The van der Waals surface area contributed by atoms with Crippen LogP contribution in [0.15, 0.2) is 36.5 Å². The molecular formula is C17H21N3O. The molecule has 2 unspecified atom stereocenters. The van der Waals surface area contributed by atoms with Gasteiger partial charge in [0.1, 0.15) is 0 Å². The van der Waals surface area contributed by atoms with Crippen molar-refractivity contribution in [2.75, 3.05) is 20.1 Å². The average molecular weight is 283 g/mol. The van der Waals surface area contributed by atoms with E-state index >= 15 is 0 Å². The van der Waals surface area contributed by atoms with Gasteiger partial charge in [0.25, 0.3) is 5.91 Å². The van der Waals surface area contributed by atoms with Crippen molar-refractivity contribution in [1.82, 2.24) is 15.2 Å². The zero-order valence-corrected chi connectivity index (χ0v) is 12.5. The topological polar surface area (TPSA) is 45.2 Å². The summed E-state index contributed by atoms with van der Waals surface area (Å²) in [6, 6.07) is 10.2. The molecule has 0 radical (unpaired) electrons. The lowest BCUT2D eigenvalue weighted by molar-refractivity contribution is 0.0651. The molecular weight excluding hydrogens is 262 g/mol. The summed E-state index contributed by atoms with van der Waals surface area (Å²) >= 11 is 0. The molecule has 110 valence electrons. The highest BCUT2D eigenvalue weighted by atomic mass is 16.2. The first-order chi connectivity index (χ1) is 10.2. The van der Waals surface area contributed by atoms with Crippen molar-refractivity contribution < 1.29 is 4.79 Å². The number of nitrogens with zero attached hydrogens (tertiary/aromatic N) is 2. The lowest BCUT2D eigenvalue weighted by Crippen LogP contribution is -2.49. The molecule has 0 spiro atoms. The summed E-state index contributed by atoms with van der Waals surface area (Å²) < 4.78 is 0. The second-order valence-electron chi connectivity index (χ2n) is 5.79. The molecule has 2 aromatic rings. The van der Waals surface area contributed by atoms with Crippen LogP contribution >= 0.6 is 0 Å². The minimum Gasteiger partial charge on any atom is -0.338 e. The number of carbonyl (C=O) groups excluding carboxylic acids is 1. The van der Waals surface area contributed by atoms with Crippen molar-refractivity contribution in [3.05, 3.63) is 42.1 Å². The smallest absolute Gasteiger partial charge is 0.254 e. The number of piperidine rings is 1. The number of aromatic nitrogens is 1. The van der Waals surface area contributed by atoms with Crippen LogP contribution in [0.25, 0.3) is 10.9 Å². The molecule has 1 aromatic heterocycles. The summed E-state index contributed by atoms with van der Waals surface area (Å²) in [7, 11) is 2.00. The molecule has 4 nitrogen and oxygen atoms in total. The Balaban J connectivity index is 1.88. The number of para-hydroxylation sites is 1. The fourth-order valence-electron chi connectivity index (χ4n) is 3.21. The maximum absolute atomic E-state index is 12.8. The van der Waals surface area contributed by atoms with Gasteiger partial charge in [-0.2, -0.15) is 0 Å². The Bertz CT molecular complexity index is 650. The Morgan fingerprint density at radius 1 is 1.33 bits per heavy atom. The van der Waals surface area contributed by atoms with Gasteiger partial charge in [0.15, 0.2) is 0 Å². The third-order valence-electron chi connectivity index (χ3n) is 4.44. The molecule has 1 N–H and O–H groups in total. The van der Waals surface area contributed by atoms with Gasteiger partial charge in [0, 0.05) is 30.7 Å². The highest BCUT2D eigenvalue weighted by Crippen LogP contribution is 2.22. The number of hydrogen-bond donors (Lipinski definition) is 1. The van der Waals surface area contributed by atoms with E-state index in [2.05, 4.69) is 17.2 Å². The van der Waals surface area contributed by atoms with Crippen LogP contribution in [0, 0.1) is 5.92 Å². The van der Waals surface area contributed by atoms with E-state index in [-0.39, 0.29) is 5.91 Å². The molecule has 2 atom stereocenters. The molecule has 0 bridgehead atoms. The number of fused-ring (bicyclic) bond motifs is 1. The van der Waals surface area contributed by atoms with Crippen LogP contribution < -0.4 is 5.32 Å². The molecule has 1 amide bonds. The van der Waals surface area contributed by atoms with E-state index < -0.39 is 0 Å². The summed E-state index contributed by atoms with van der Waals surface area (Å²) in [6.07, 6.45) is 2.73. The van der Waals surface area contributed by atoms with E-state index in [0.29, 0.717) is 12.0 Å². The Hall–Kier alpha value is -1.94. The number of likely N-dealkylation sites (tertiary alicyclic amines) is 1. The van der Waals surface area contributed by atoms with Gasteiger partial charge in [-0.25, -0.2) is 0 Å². The van der Waals surface area contributed by atoms with Crippen LogP contribution in [-0.2, 0) is 0 Å². The first-order valence-corrected chi connectivity index (χ1v) is 7.51. The van der Waals surface area contributed by atoms with Gasteiger partial charge >= 0.3 is 0 Å². The van der Waals surface area contributed by atoms with Crippen LogP contribution in [-0.4, -0.2) is 42.0 Å². The SMILES string of the molecule is CNC1CCN(C(=O)c2ccnc3ccccc23)CC1C. The monoisotopic (exact) mass is 283 g/mol. The van der Waals surface area contributed by atoms with Crippen molar-refractivity contribution >= 4 is 16.8 Å². The second kappa shape index (κ2) is 5.82. The van der Waals surface area contributed by atoms with E-state index in [0.717, 1.165) is 36.0 Å². The highest BCUT2D eigenvalue weighted by Gasteiger charge is 2.28. The summed E-state index contributed by atoms with van der Waals surface area (Å²) in [4.78, 5) is 19.1. The van der Waals surface area contributed by atoms with Crippen LogP contribution in [0.5, 0.6) is 0 Å². The molecule has 1 aliphatic rings.